The SMILES string of the molecule is CC1OB(O)c2cc(CC(=O)c3cccc(Cl)c3)ccc21. The summed E-state index contributed by atoms with van der Waals surface area (Å²) in [6, 6.07) is 12.6. The third kappa shape index (κ3) is 2.88. The Morgan fingerprint density at radius 3 is 2.90 bits per heavy atom. The van der Waals surface area contributed by atoms with Gasteiger partial charge in [0.1, 0.15) is 0 Å². The highest BCUT2D eigenvalue weighted by atomic mass is 35.5. The van der Waals surface area contributed by atoms with E-state index >= 15 is 0 Å². The Bertz CT molecular complexity index is 702. The number of benzene rings is 2. The smallest absolute Gasteiger partial charge is 0.423 e. The van der Waals surface area contributed by atoms with Crippen molar-refractivity contribution in [1.29, 1.82) is 0 Å². The summed E-state index contributed by atoms with van der Waals surface area (Å²) in [6.07, 6.45) is 0.155. The summed E-state index contributed by atoms with van der Waals surface area (Å²) >= 11 is 5.90. The first-order chi connectivity index (χ1) is 10.0. The van der Waals surface area contributed by atoms with Crippen LogP contribution >= 0.6 is 11.6 Å². The molecule has 2 aromatic carbocycles. The Morgan fingerprint density at radius 1 is 1.33 bits per heavy atom. The summed E-state index contributed by atoms with van der Waals surface area (Å²) < 4.78 is 5.35. The van der Waals surface area contributed by atoms with E-state index in [4.69, 9.17) is 16.3 Å². The third-order valence-corrected chi connectivity index (χ3v) is 3.93. The molecule has 0 fully saturated rings. The van der Waals surface area contributed by atoms with Crippen LogP contribution in [0.1, 0.15) is 34.5 Å². The molecule has 1 unspecified atom stereocenters. The predicted molar refractivity (Wildman–Crippen MR) is 83.0 cm³/mol. The van der Waals surface area contributed by atoms with Gasteiger partial charge in [0.2, 0.25) is 0 Å². The second-order valence-electron chi connectivity index (χ2n) is 5.20. The zero-order valence-corrected chi connectivity index (χ0v) is 12.3. The van der Waals surface area contributed by atoms with Crippen LogP contribution in [-0.2, 0) is 11.1 Å². The Hall–Kier alpha value is -1.62. The third-order valence-electron chi connectivity index (χ3n) is 3.70. The number of carbonyl (C=O) groups excluding carboxylic acids is 1. The van der Waals surface area contributed by atoms with Crippen LogP contribution in [0.25, 0.3) is 0 Å². The van der Waals surface area contributed by atoms with Crippen molar-refractivity contribution in [3.8, 4) is 0 Å². The predicted octanol–water partition coefficient (Wildman–Crippen LogP) is 2.54. The van der Waals surface area contributed by atoms with Crippen LogP contribution in [0.5, 0.6) is 0 Å². The minimum atomic E-state index is -0.906. The highest BCUT2D eigenvalue weighted by Crippen LogP contribution is 2.23. The summed E-state index contributed by atoms with van der Waals surface area (Å²) in [5.74, 6) is -0.00102. The van der Waals surface area contributed by atoms with Crippen molar-refractivity contribution in [2.75, 3.05) is 0 Å². The van der Waals surface area contributed by atoms with Crippen molar-refractivity contribution >= 4 is 30.0 Å². The molecule has 1 heterocycles. The molecule has 0 aromatic heterocycles. The monoisotopic (exact) mass is 300 g/mol. The fraction of sp³-hybridized carbons (Fsp3) is 0.188. The molecule has 1 aliphatic rings. The highest BCUT2D eigenvalue weighted by Gasteiger charge is 2.32. The number of rotatable bonds is 3. The summed E-state index contributed by atoms with van der Waals surface area (Å²) in [5.41, 5.74) is 3.17. The molecule has 0 amide bonds. The summed E-state index contributed by atoms with van der Waals surface area (Å²) in [6.45, 7) is 1.89. The van der Waals surface area contributed by atoms with Gasteiger partial charge in [-0.05, 0) is 35.6 Å². The van der Waals surface area contributed by atoms with E-state index in [0.717, 1.165) is 16.6 Å². The second-order valence-corrected chi connectivity index (χ2v) is 5.64. The fourth-order valence-electron chi connectivity index (χ4n) is 2.61. The number of halogens is 1. The normalized spacial score (nSPS) is 16.9. The van der Waals surface area contributed by atoms with Gasteiger partial charge in [-0.1, -0.05) is 41.9 Å². The molecule has 3 rings (SSSR count). The lowest BCUT2D eigenvalue weighted by atomic mass is 9.78. The van der Waals surface area contributed by atoms with Crippen LogP contribution in [0.15, 0.2) is 42.5 Å². The van der Waals surface area contributed by atoms with Gasteiger partial charge in [0, 0.05) is 17.0 Å². The molecule has 2 aromatic rings. The average Bonchev–Trinajstić information content (AvgIpc) is 2.74. The van der Waals surface area contributed by atoms with Crippen molar-refractivity contribution < 1.29 is 14.5 Å². The van der Waals surface area contributed by atoms with Gasteiger partial charge in [0.25, 0.3) is 0 Å². The van der Waals surface area contributed by atoms with Gasteiger partial charge < -0.3 is 9.68 Å². The van der Waals surface area contributed by atoms with Crippen molar-refractivity contribution in [1.82, 2.24) is 0 Å². The van der Waals surface area contributed by atoms with Crippen LogP contribution in [0.3, 0.4) is 0 Å². The van der Waals surface area contributed by atoms with E-state index < -0.39 is 7.12 Å². The molecule has 21 heavy (non-hydrogen) atoms. The lowest BCUT2D eigenvalue weighted by molar-refractivity contribution is 0.0993. The number of hydrogen-bond donors (Lipinski definition) is 1. The van der Waals surface area contributed by atoms with Crippen LogP contribution in [0, 0.1) is 0 Å². The van der Waals surface area contributed by atoms with E-state index in [1.54, 1.807) is 24.3 Å². The largest absolute Gasteiger partial charge is 0.491 e. The molecule has 106 valence electrons. The Balaban J connectivity index is 1.83. The van der Waals surface area contributed by atoms with Gasteiger partial charge in [0.15, 0.2) is 5.78 Å². The highest BCUT2D eigenvalue weighted by molar-refractivity contribution is 6.61. The first-order valence-electron chi connectivity index (χ1n) is 6.79. The fourth-order valence-corrected chi connectivity index (χ4v) is 2.80. The zero-order valence-electron chi connectivity index (χ0n) is 11.5. The van der Waals surface area contributed by atoms with Gasteiger partial charge >= 0.3 is 7.12 Å². The van der Waals surface area contributed by atoms with Crippen LogP contribution in [0.2, 0.25) is 5.02 Å². The van der Waals surface area contributed by atoms with Crippen molar-refractivity contribution in [2.24, 2.45) is 0 Å². The van der Waals surface area contributed by atoms with E-state index in [1.165, 1.54) is 0 Å². The number of fused-ring (bicyclic) bond motifs is 1. The topological polar surface area (TPSA) is 46.5 Å². The second kappa shape index (κ2) is 5.64. The lowest BCUT2D eigenvalue weighted by Crippen LogP contribution is -2.28. The van der Waals surface area contributed by atoms with E-state index in [9.17, 15) is 9.82 Å². The molecule has 0 spiro atoms. The Morgan fingerprint density at radius 2 is 2.14 bits per heavy atom. The quantitative estimate of drug-likeness (QED) is 0.700. The summed E-state index contributed by atoms with van der Waals surface area (Å²) in [4.78, 5) is 12.3. The van der Waals surface area contributed by atoms with Gasteiger partial charge in [0.05, 0.1) is 6.10 Å². The molecular weight excluding hydrogens is 286 g/mol. The molecule has 0 saturated heterocycles. The number of carbonyl (C=O) groups is 1. The number of Topliss-reactive ketones (excluding diaryl/α,β-unsaturated/α-hetero) is 1. The molecule has 1 atom stereocenters. The molecular formula is C16H14BClO3. The molecule has 0 bridgehead atoms. The van der Waals surface area contributed by atoms with E-state index in [1.807, 2.05) is 25.1 Å². The maximum atomic E-state index is 12.3. The molecule has 5 heteroatoms. The van der Waals surface area contributed by atoms with E-state index in [2.05, 4.69) is 0 Å². The first-order valence-corrected chi connectivity index (χ1v) is 7.17. The standard InChI is InChI=1S/C16H14BClO3/c1-10-14-6-5-11(7-15(14)17(20)21-10)8-16(19)12-3-2-4-13(18)9-12/h2-7,9-10,20H,8H2,1H3. The minimum absolute atomic E-state index is 0.00102. The van der Waals surface area contributed by atoms with Crippen molar-refractivity contribution in [3.05, 3.63) is 64.2 Å². The average molecular weight is 301 g/mol. The summed E-state index contributed by atoms with van der Waals surface area (Å²) in [7, 11) is -0.906. The molecule has 0 radical (unpaired) electrons. The lowest BCUT2D eigenvalue weighted by Gasteiger charge is -2.06. The molecule has 1 N–H and O–H groups in total. The summed E-state index contributed by atoms with van der Waals surface area (Å²) in [5, 5.41) is 10.4. The molecule has 0 saturated carbocycles. The Kier molecular flexibility index (Phi) is 3.85. The Labute approximate surface area is 128 Å². The minimum Gasteiger partial charge on any atom is -0.423 e. The van der Waals surface area contributed by atoms with Crippen LogP contribution < -0.4 is 5.46 Å². The van der Waals surface area contributed by atoms with Gasteiger partial charge in [-0.3, -0.25) is 4.79 Å². The van der Waals surface area contributed by atoms with Crippen molar-refractivity contribution in [2.45, 2.75) is 19.4 Å². The van der Waals surface area contributed by atoms with Crippen molar-refractivity contribution in [3.63, 3.8) is 0 Å². The van der Waals surface area contributed by atoms with E-state index in [0.29, 0.717) is 10.6 Å². The maximum absolute atomic E-state index is 12.3. The molecule has 0 aliphatic carbocycles. The molecule has 3 nitrogen and oxygen atoms in total. The van der Waals surface area contributed by atoms with Gasteiger partial charge in [-0.2, -0.15) is 0 Å². The first kappa shape index (κ1) is 14.3. The molecule has 1 aliphatic heterocycles. The van der Waals surface area contributed by atoms with Gasteiger partial charge in [-0.25, -0.2) is 0 Å². The van der Waals surface area contributed by atoms with E-state index in [-0.39, 0.29) is 18.3 Å². The number of ketones is 1. The number of hydrogen-bond acceptors (Lipinski definition) is 3. The van der Waals surface area contributed by atoms with Crippen LogP contribution in [-0.4, -0.2) is 17.9 Å². The van der Waals surface area contributed by atoms with Gasteiger partial charge in [-0.15, -0.1) is 0 Å². The van der Waals surface area contributed by atoms with Crippen LogP contribution in [0.4, 0.5) is 0 Å². The zero-order chi connectivity index (χ0) is 15.0. The maximum Gasteiger partial charge on any atom is 0.491 e.